The molecule has 1 saturated heterocycles. The van der Waals surface area contributed by atoms with Crippen molar-refractivity contribution < 1.29 is 9.84 Å². The van der Waals surface area contributed by atoms with Gasteiger partial charge in [0.1, 0.15) is 0 Å². The van der Waals surface area contributed by atoms with Crippen molar-refractivity contribution in [1.82, 2.24) is 4.90 Å². The monoisotopic (exact) mass is 229 g/mol. The van der Waals surface area contributed by atoms with Crippen LogP contribution in [0.15, 0.2) is 0 Å². The van der Waals surface area contributed by atoms with E-state index >= 15 is 0 Å². The van der Waals surface area contributed by atoms with Crippen LogP contribution in [-0.4, -0.2) is 49.0 Å². The van der Waals surface area contributed by atoms with Gasteiger partial charge in [-0.3, -0.25) is 4.90 Å². The molecular weight excluding hydrogens is 202 g/mol. The van der Waals surface area contributed by atoms with Crippen LogP contribution in [0.4, 0.5) is 0 Å². The highest BCUT2D eigenvalue weighted by Crippen LogP contribution is 2.15. The SMILES string of the molecule is CC(C)COCCN1CCCCCC1CO. The summed E-state index contributed by atoms with van der Waals surface area (Å²) in [4.78, 5) is 2.40. The minimum Gasteiger partial charge on any atom is -0.395 e. The van der Waals surface area contributed by atoms with Crippen LogP contribution < -0.4 is 0 Å². The van der Waals surface area contributed by atoms with Crippen LogP contribution in [0.3, 0.4) is 0 Å². The molecule has 0 saturated carbocycles. The quantitative estimate of drug-likeness (QED) is 0.706. The summed E-state index contributed by atoms with van der Waals surface area (Å²) in [5.74, 6) is 0.609. The second-order valence-electron chi connectivity index (χ2n) is 5.19. The normalized spacial score (nSPS) is 23.6. The minimum absolute atomic E-state index is 0.296. The number of rotatable bonds is 6. The van der Waals surface area contributed by atoms with E-state index in [0.29, 0.717) is 18.6 Å². The van der Waals surface area contributed by atoms with Gasteiger partial charge in [-0.1, -0.05) is 26.7 Å². The highest BCUT2D eigenvalue weighted by atomic mass is 16.5. The number of nitrogens with zero attached hydrogens (tertiary/aromatic N) is 1. The molecule has 0 aromatic heterocycles. The highest BCUT2D eigenvalue weighted by molar-refractivity contribution is 4.74. The zero-order valence-corrected chi connectivity index (χ0v) is 10.8. The summed E-state index contributed by atoms with van der Waals surface area (Å²) in [7, 11) is 0. The standard InChI is InChI=1S/C13H27NO2/c1-12(2)11-16-9-8-14-7-5-3-4-6-13(14)10-15/h12-13,15H,3-11H2,1-2H3. The van der Waals surface area contributed by atoms with Crippen molar-refractivity contribution in [1.29, 1.82) is 0 Å². The lowest BCUT2D eigenvalue weighted by atomic mass is 10.1. The maximum atomic E-state index is 9.35. The first-order valence-electron chi connectivity index (χ1n) is 6.66. The van der Waals surface area contributed by atoms with Crippen LogP contribution in [0.25, 0.3) is 0 Å². The topological polar surface area (TPSA) is 32.7 Å². The van der Waals surface area contributed by atoms with Crippen molar-refractivity contribution >= 4 is 0 Å². The molecule has 1 aliphatic heterocycles. The second kappa shape index (κ2) is 8.04. The van der Waals surface area contributed by atoms with Crippen molar-refractivity contribution in [2.45, 2.75) is 45.6 Å². The molecule has 1 N–H and O–H groups in total. The fraction of sp³-hybridized carbons (Fsp3) is 1.00. The number of hydrogen-bond acceptors (Lipinski definition) is 3. The Labute approximate surface area is 99.8 Å². The van der Waals surface area contributed by atoms with E-state index in [4.69, 9.17) is 4.74 Å². The van der Waals surface area contributed by atoms with Crippen molar-refractivity contribution in [3.63, 3.8) is 0 Å². The lowest BCUT2D eigenvalue weighted by Gasteiger charge is -2.28. The molecule has 1 unspecified atom stereocenters. The first-order valence-corrected chi connectivity index (χ1v) is 6.66. The van der Waals surface area contributed by atoms with E-state index in [9.17, 15) is 5.11 Å². The summed E-state index contributed by atoms with van der Waals surface area (Å²) in [6, 6.07) is 0.366. The van der Waals surface area contributed by atoms with Gasteiger partial charge in [-0.25, -0.2) is 0 Å². The summed E-state index contributed by atoms with van der Waals surface area (Å²) in [6.07, 6.45) is 4.97. The molecule has 0 amide bonds. The number of hydrogen-bond donors (Lipinski definition) is 1. The van der Waals surface area contributed by atoms with Gasteiger partial charge in [0.25, 0.3) is 0 Å². The molecule has 3 nitrogen and oxygen atoms in total. The van der Waals surface area contributed by atoms with Crippen LogP contribution in [0, 0.1) is 5.92 Å². The summed E-state index contributed by atoms with van der Waals surface area (Å²) in [5, 5.41) is 9.35. The van der Waals surface area contributed by atoms with Gasteiger partial charge in [0.2, 0.25) is 0 Å². The van der Waals surface area contributed by atoms with Gasteiger partial charge in [0.05, 0.1) is 13.2 Å². The molecule has 1 aliphatic rings. The molecule has 0 aliphatic carbocycles. The zero-order chi connectivity index (χ0) is 11.8. The van der Waals surface area contributed by atoms with Crippen LogP contribution in [0.1, 0.15) is 39.5 Å². The average Bonchev–Trinajstić information content (AvgIpc) is 2.48. The molecule has 0 spiro atoms. The van der Waals surface area contributed by atoms with Crippen LogP contribution in [-0.2, 0) is 4.74 Å². The predicted molar refractivity (Wildman–Crippen MR) is 66.6 cm³/mol. The van der Waals surface area contributed by atoms with Gasteiger partial charge in [-0.15, -0.1) is 0 Å². The van der Waals surface area contributed by atoms with Crippen LogP contribution in [0.5, 0.6) is 0 Å². The largest absolute Gasteiger partial charge is 0.395 e. The number of aliphatic hydroxyl groups is 1. The Morgan fingerprint density at radius 3 is 2.81 bits per heavy atom. The first-order chi connectivity index (χ1) is 7.74. The molecule has 1 heterocycles. The third-order valence-corrected chi connectivity index (χ3v) is 3.18. The maximum absolute atomic E-state index is 9.35. The third kappa shape index (κ3) is 5.28. The first kappa shape index (κ1) is 13.9. The fourth-order valence-corrected chi connectivity index (χ4v) is 2.24. The molecule has 1 atom stereocenters. The van der Waals surface area contributed by atoms with E-state index in [1.54, 1.807) is 0 Å². The Balaban J connectivity index is 2.20. The molecule has 96 valence electrons. The summed E-state index contributed by atoms with van der Waals surface area (Å²) < 4.78 is 5.61. The zero-order valence-electron chi connectivity index (χ0n) is 10.8. The smallest absolute Gasteiger partial charge is 0.0593 e. The van der Waals surface area contributed by atoms with E-state index < -0.39 is 0 Å². The molecule has 0 aromatic rings. The third-order valence-electron chi connectivity index (χ3n) is 3.18. The number of likely N-dealkylation sites (tertiary alicyclic amines) is 1. The predicted octanol–water partition coefficient (Wildman–Crippen LogP) is 1.90. The van der Waals surface area contributed by atoms with Crippen molar-refractivity contribution in [2.24, 2.45) is 5.92 Å². The second-order valence-corrected chi connectivity index (χ2v) is 5.19. The van der Waals surface area contributed by atoms with Gasteiger partial charge in [0, 0.05) is 19.2 Å². The lowest BCUT2D eigenvalue weighted by molar-refractivity contribution is 0.0582. The van der Waals surface area contributed by atoms with E-state index in [-0.39, 0.29) is 0 Å². The van der Waals surface area contributed by atoms with Crippen LogP contribution in [0.2, 0.25) is 0 Å². The Kier molecular flexibility index (Phi) is 7.01. The molecule has 0 bridgehead atoms. The number of ether oxygens (including phenoxy) is 1. The maximum Gasteiger partial charge on any atom is 0.0593 e. The Morgan fingerprint density at radius 1 is 1.31 bits per heavy atom. The molecule has 0 aromatic carbocycles. The highest BCUT2D eigenvalue weighted by Gasteiger charge is 2.19. The Morgan fingerprint density at radius 2 is 2.12 bits per heavy atom. The van der Waals surface area contributed by atoms with E-state index in [1.165, 1.54) is 19.3 Å². The Hall–Kier alpha value is -0.120. The molecule has 16 heavy (non-hydrogen) atoms. The van der Waals surface area contributed by atoms with Gasteiger partial charge < -0.3 is 9.84 Å². The summed E-state index contributed by atoms with van der Waals surface area (Å²) in [6.45, 7) is 8.37. The molecule has 0 radical (unpaired) electrons. The van der Waals surface area contributed by atoms with Gasteiger partial charge >= 0.3 is 0 Å². The van der Waals surface area contributed by atoms with Gasteiger partial charge in [0.15, 0.2) is 0 Å². The lowest BCUT2D eigenvalue weighted by Crippen LogP contribution is -2.39. The van der Waals surface area contributed by atoms with Crippen molar-refractivity contribution in [3.05, 3.63) is 0 Å². The van der Waals surface area contributed by atoms with Gasteiger partial charge in [-0.05, 0) is 25.3 Å². The van der Waals surface area contributed by atoms with E-state index in [2.05, 4.69) is 18.7 Å². The Bertz CT molecular complexity index is 173. The summed E-state index contributed by atoms with van der Waals surface area (Å²) >= 11 is 0. The number of aliphatic hydroxyl groups excluding tert-OH is 1. The molecular formula is C13H27NO2. The minimum atomic E-state index is 0.296. The van der Waals surface area contributed by atoms with E-state index in [0.717, 1.165) is 32.7 Å². The van der Waals surface area contributed by atoms with Crippen molar-refractivity contribution in [3.8, 4) is 0 Å². The molecule has 1 rings (SSSR count). The fourth-order valence-electron chi connectivity index (χ4n) is 2.24. The molecule has 3 heteroatoms. The van der Waals surface area contributed by atoms with Crippen molar-refractivity contribution in [2.75, 3.05) is 32.9 Å². The van der Waals surface area contributed by atoms with Crippen LogP contribution >= 0.6 is 0 Å². The van der Waals surface area contributed by atoms with E-state index in [1.807, 2.05) is 0 Å². The average molecular weight is 229 g/mol. The van der Waals surface area contributed by atoms with Gasteiger partial charge in [-0.2, -0.15) is 0 Å². The summed E-state index contributed by atoms with van der Waals surface area (Å²) in [5.41, 5.74) is 0. The molecule has 1 fully saturated rings.